The number of carbonyl (C=O) groups is 4. The topological polar surface area (TPSA) is 928 Å². The second-order valence-electron chi connectivity index (χ2n) is 33.6. The summed E-state index contributed by atoms with van der Waals surface area (Å²) in [6, 6.07) is -7.94. The van der Waals surface area contributed by atoms with Crippen LogP contribution in [0.25, 0.3) is 0 Å². The molecule has 10 aliphatic heterocycles. The van der Waals surface area contributed by atoms with E-state index in [0.717, 1.165) is 27.7 Å². The van der Waals surface area contributed by atoms with Gasteiger partial charge in [-0.25, -0.2) is 0 Å². The van der Waals surface area contributed by atoms with Gasteiger partial charge in [0.05, 0.1) is 84.8 Å². The first-order valence-corrected chi connectivity index (χ1v) is 42.4. The average molecular weight is 1950 g/mol. The van der Waals surface area contributed by atoms with Gasteiger partial charge in [0.25, 0.3) is 0 Å². The van der Waals surface area contributed by atoms with Crippen molar-refractivity contribution >= 4 is 23.6 Å². The lowest BCUT2D eigenvalue weighted by atomic mass is 9.94. The SMILES string of the molecule is CC(=O)N[C@H]1[C@H](O[C@@H]([C@H](O)[C@H](CO)NC(C)=O)[C@H](O)CO[C@H]2O[C@H](C)[C@H](O)[C@H](O)[C@H]2O)O[C@H](CO)[C@@H](O[C@@H]2O[C@H](CO[C@H]3O[C@H](CO)[C@@H](O)[C@H](O)[C@@H]3O[C@@H]3O[C@H](CO)[C@@H](O[C@@H]4O[C@H](CO)[C@H](O)[C@H](O[C@H]5O[C@H](CO)[C@H](O)[C@H](O)[C@H]5O)[C@H]4O)[C@H](O)[C@H]3NC(C)=O)[C@@H](O)[C@H](O[C@H]3O[C@H](CO)[C@@H](O)[C@H](O)[C@@H]3O[C@@H]3O[C@H](CO)[C@@H](O[C@@H]4O[C@H](CO)[C@H](O)[C@H](O)[C@H]4O)[C@H](O)[C@H]3NC(C)=O)[C@@H]2O)[C@@H]1O. The van der Waals surface area contributed by atoms with Gasteiger partial charge in [-0.15, -0.1) is 0 Å². The van der Waals surface area contributed by atoms with Crippen LogP contribution in [0.15, 0.2) is 0 Å². The average Bonchev–Trinajstić information content (AvgIpc) is 0.768. The molecule has 772 valence electrons. The highest BCUT2D eigenvalue weighted by molar-refractivity contribution is 5.74. The van der Waals surface area contributed by atoms with E-state index in [1.165, 1.54) is 6.92 Å². The third-order valence-corrected chi connectivity index (χ3v) is 24.2. The van der Waals surface area contributed by atoms with Gasteiger partial charge in [-0.3, -0.25) is 19.2 Å². The van der Waals surface area contributed by atoms with Gasteiger partial charge in [0.2, 0.25) is 23.6 Å². The molecule has 0 spiro atoms. The Morgan fingerprint density at radius 1 is 0.278 bits per heavy atom. The lowest BCUT2D eigenvalue weighted by Crippen LogP contribution is -2.70. The van der Waals surface area contributed by atoms with Gasteiger partial charge in [-0.1, -0.05) is 0 Å². The maximum Gasteiger partial charge on any atom is 0.217 e. The van der Waals surface area contributed by atoms with Gasteiger partial charge < -0.3 is 274 Å². The maximum atomic E-state index is 13.3. The van der Waals surface area contributed by atoms with E-state index in [-0.39, 0.29) is 0 Å². The molecule has 0 aromatic carbocycles. The number of aliphatic hydroxyl groups excluding tert-OH is 31. The molecule has 0 aliphatic carbocycles. The Kier molecular flexibility index (Phi) is 40.8. The molecule has 10 aliphatic rings. The highest BCUT2D eigenvalue weighted by Crippen LogP contribution is 2.41. The van der Waals surface area contributed by atoms with Crippen LogP contribution < -0.4 is 21.3 Å². The summed E-state index contributed by atoms with van der Waals surface area (Å²) in [5.41, 5.74) is 0. The van der Waals surface area contributed by atoms with Gasteiger partial charge in [0.1, 0.15) is 256 Å². The van der Waals surface area contributed by atoms with E-state index in [9.17, 15) is 177 Å². The van der Waals surface area contributed by atoms with Crippen molar-refractivity contribution in [3.63, 3.8) is 0 Å². The number of hydrogen-bond acceptors (Lipinski definition) is 55. The van der Waals surface area contributed by atoms with Crippen LogP contribution in [0.3, 0.4) is 0 Å². The molecule has 59 nitrogen and oxygen atoms in total. The second-order valence-corrected chi connectivity index (χ2v) is 33.6. The Morgan fingerprint density at radius 3 is 0.970 bits per heavy atom. The van der Waals surface area contributed by atoms with Crippen LogP contribution in [0.2, 0.25) is 0 Å². The van der Waals surface area contributed by atoms with Gasteiger partial charge >= 0.3 is 0 Å². The van der Waals surface area contributed by atoms with E-state index < -0.39 is 428 Å². The molecule has 0 aromatic rings. The molecule has 0 radical (unpaired) electrons. The molecule has 4 amide bonds. The normalized spacial score (nSPS) is 47.6. The molecule has 10 heterocycles. The minimum atomic E-state index is -2.68. The number of hydrogen-bond donors (Lipinski definition) is 35. The number of carbonyl (C=O) groups excluding carboxylic acids is 4. The van der Waals surface area contributed by atoms with Crippen molar-refractivity contribution in [3.05, 3.63) is 0 Å². The molecular formula is C74H126N4O55. The van der Waals surface area contributed by atoms with E-state index in [4.69, 9.17) is 94.7 Å². The number of nitrogens with one attached hydrogen (secondary N) is 4. The molecule has 10 fully saturated rings. The Hall–Kier alpha value is -4.16. The van der Waals surface area contributed by atoms with Crippen LogP contribution in [0.4, 0.5) is 0 Å². The van der Waals surface area contributed by atoms with Crippen molar-refractivity contribution in [1.29, 1.82) is 0 Å². The minimum Gasteiger partial charge on any atom is -0.394 e. The van der Waals surface area contributed by atoms with Crippen molar-refractivity contribution in [2.45, 2.75) is 366 Å². The Labute approximate surface area is 753 Å². The minimum absolute atomic E-state index is 0.874. The molecule has 0 bridgehead atoms. The van der Waals surface area contributed by atoms with Gasteiger partial charge in [0.15, 0.2) is 62.9 Å². The lowest BCUT2D eigenvalue weighted by molar-refractivity contribution is -0.399. The van der Waals surface area contributed by atoms with Gasteiger partial charge in [0, 0.05) is 27.7 Å². The molecular weight excluding hydrogens is 1820 g/mol. The molecule has 10 saturated heterocycles. The molecule has 59 heteroatoms. The van der Waals surface area contributed by atoms with Crippen molar-refractivity contribution in [3.8, 4) is 0 Å². The first-order valence-electron chi connectivity index (χ1n) is 42.4. The highest BCUT2D eigenvalue weighted by Gasteiger charge is 2.62. The van der Waals surface area contributed by atoms with Crippen LogP contribution in [-0.4, -0.2) is 586 Å². The van der Waals surface area contributed by atoms with Crippen molar-refractivity contribution in [2.75, 3.05) is 72.7 Å². The van der Waals surface area contributed by atoms with Crippen molar-refractivity contribution in [1.82, 2.24) is 21.3 Å². The zero-order valence-corrected chi connectivity index (χ0v) is 71.6. The van der Waals surface area contributed by atoms with E-state index in [1.54, 1.807) is 0 Å². The molecule has 0 aromatic heterocycles. The third kappa shape index (κ3) is 25.1. The molecule has 54 atom stereocenters. The quantitative estimate of drug-likeness (QED) is 0.0273. The summed E-state index contributed by atoms with van der Waals surface area (Å²) in [7, 11) is 0. The fourth-order valence-electron chi connectivity index (χ4n) is 16.9. The number of ether oxygens (including phenoxy) is 20. The van der Waals surface area contributed by atoms with Gasteiger partial charge in [-0.05, 0) is 6.92 Å². The molecule has 35 N–H and O–H groups in total. The smallest absolute Gasteiger partial charge is 0.217 e. The second kappa shape index (κ2) is 49.0. The zero-order chi connectivity index (χ0) is 98.2. The highest BCUT2D eigenvalue weighted by atomic mass is 16.8. The van der Waals surface area contributed by atoms with E-state index in [2.05, 4.69) is 21.3 Å². The maximum absolute atomic E-state index is 13.3. The summed E-state index contributed by atoms with van der Waals surface area (Å²) in [6.07, 6.45) is -107. The summed E-state index contributed by atoms with van der Waals surface area (Å²) >= 11 is 0. The van der Waals surface area contributed by atoms with Crippen LogP contribution >= 0.6 is 0 Å². The summed E-state index contributed by atoms with van der Waals surface area (Å²) in [6.45, 7) is -7.81. The zero-order valence-electron chi connectivity index (χ0n) is 71.6. The largest absolute Gasteiger partial charge is 0.394 e. The van der Waals surface area contributed by atoms with E-state index in [0.29, 0.717) is 0 Å². The summed E-state index contributed by atoms with van der Waals surface area (Å²) < 4.78 is 118. The molecule has 10 rings (SSSR count). The van der Waals surface area contributed by atoms with Crippen LogP contribution in [0, 0.1) is 0 Å². The molecule has 0 unspecified atom stereocenters. The van der Waals surface area contributed by atoms with Gasteiger partial charge in [-0.2, -0.15) is 0 Å². The van der Waals surface area contributed by atoms with E-state index in [1.807, 2.05) is 0 Å². The van der Waals surface area contributed by atoms with Crippen LogP contribution in [0.5, 0.6) is 0 Å². The van der Waals surface area contributed by atoms with Crippen LogP contribution in [0.1, 0.15) is 34.6 Å². The standard InChI is InChI=1S/C74H126N4O55/c1-17-36(93)47(104)52(109)68(116-17)114-15-23(92)57(37(94)22(6-79)75-18(2)88)126-65-33(76-19(3)89)44(101)60(30(13-86)122-65)129-72-56(113)62(131-74-64(51(108)41(98)27(10-83)121-74)133-67-35(78-21(5)91)45(102)58(29(12-85)124-67)127-69-53(110)48(105)38(95)24(7-80)117-69)43(100)32(125-72)16-115-73-63(50(107)40(97)26(9-82)120-73)132-66-34(77-20(4)90)46(103)59(31(14-87)123-66)128-71-55(112)61(42(99)28(11-84)119-71)130-70-54(111)49(106)39(96)25(8-81)118-70/h17,22-74,79-87,92-113H,6-16H2,1-5H3,(H,75,88)(H,76,89)(H,77,90)(H,78,91)/t17-,22+,23-,24-,25-,26-,27-,28-,29-,30-,31-,32-,33-,34-,35-,36+,37-,38+,39+,40-,41-,42+,43-,44-,45-,46-,47+,48+,49+,50+,51+,52-,53-,54-,55-,56+,57-,58-,59-,60-,61+,62+,63+,64+,65+,66+,67+,68+,69+,70-,71+,72+,73+,74-/m1/s1. The monoisotopic (exact) mass is 1950 g/mol. The third-order valence-electron chi connectivity index (χ3n) is 24.2. The number of rotatable bonds is 38. The molecule has 133 heavy (non-hydrogen) atoms. The summed E-state index contributed by atoms with van der Waals surface area (Å²) in [4.78, 5) is 51.9. The van der Waals surface area contributed by atoms with E-state index >= 15 is 0 Å². The first kappa shape index (κ1) is 111. The molecule has 0 saturated carbocycles. The van der Waals surface area contributed by atoms with Crippen molar-refractivity contribution < 1.29 is 272 Å². The Morgan fingerprint density at radius 2 is 0.579 bits per heavy atom. The number of aliphatic hydroxyl groups is 31. The Balaban J connectivity index is 0.981. The summed E-state index contributed by atoms with van der Waals surface area (Å²) in [5.74, 6) is -3.95. The van der Waals surface area contributed by atoms with Crippen molar-refractivity contribution in [2.24, 2.45) is 0 Å². The summed E-state index contributed by atoms with van der Waals surface area (Å²) in [5, 5.41) is 356. The van der Waals surface area contributed by atoms with Crippen LogP contribution in [-0.2, 0) is 114 Å². The first-order chi connectivity index (χ1) is 62.9. The lowest BCUT2D eigenvalue weighted by Gasteiger charge is -2.51. The fourth-order valence-corrected chi connectivity index (χ4v) is 16.9. The Bertz CT molecular complexity index is 3580. The fraction of sp³-hybridized carbons (Fsp3) is 0.946. The number of amides is 4. The predicted molar refractivity (Wildman–Crippen MR) is 410 cm³/mol. The predicted octanol–water partition coefficient (Wildman–Crippen LogP) is -23.7.